The van der Waals surface area contributed by atoms with Crippen LogP contribution in [0.3, 0.4) is 0 Å². The zero-order chi connectivity index (χ0) is 22.5. The van der Waals surface area contributed by atoms with Crippen LogP contribution in [-0.2, 0) is 14.8 Å². The van der Waals surface area contributed by atoms with E-state index in [1.807, 2.05) is 0 Å². The second-order valence-electron chi connectivity index (χ2n) is 6.33. The van der Waals surface area contributed by atoms with Gasteiger partial charge in [0.25, 0.3) is 0 Å². The van der Waals surface area contributed by atoms with Crippen molar-refractivity contribution in [3.05, 3.63) is 36.4 Å². The Kier molecular flexibility index (Phi) is 7.38. The number of hydrogen-bond donors (Lipinski definition) is 1. The second kappa shape index (κ2) is 9.57. The van der Waals surface area contributed by atoms with Crippen LogP contribution >= 0.6 is 0 Å². The third-order valence-electron chi connectivity index (χ3n) is 4.38. The molecule has 10 heteroatoms. The van der Waals surface area contributed by atoms with Gasteiger partial charge in [-0.1, -0.05) is 0 Å². The largest absolute Gasteiger partial charge is 0.497 e. The molecule has 0 saturated heterocycles. The molecule has 0 saturated carbocycles. The van der Waals surface area contributed by atoms with Gasteiger partial charge in [-0.25, -0.2) is 8.42 Å². The lowest BCUT2D eigenvalue weighted by Gasteiger charge is -2.29. The van der Waals surface area contributed by atoms with Gasteiger partial charge < -0.3 is 24.3 Å². The molecule has 0 aromatic heterocycles. The third kappa shape index (κ3) is 5.07. The number of amides is 1. The number of anilines is 2. The van der Waals surface area contributed by atoms with E-state index in [0.717, 1.165) is 10.6 Å². The summed E-state index contributed by atoms with van der Waals surface area (Å²) >= 11 is 0. The van der Waals surface area contributed by atoms with Crippen LogP contribution in [0.25, 0.3) is 0 Å². The van der Waals surface area contributed by atoms with Crippen LogP contribution in [0.2, 0.25) is 0 Å². The Labute approximate surface area is 176 Å². The van der Waals surface area contributed by atoms with Crippen LogP contribution in [0.15, 0.2) is 36.4 Å². The van der Waals surface area contributed by atoms with E-state index >= 15 is 0 Å². The highest BCUT2D eigenvalue weighted by molar-refractivity contribution is 7.92. The van der Waals surface area contributed by atoms with E-state index in [2.05, 4.69) is 5.32 Å². The summed E-state index contributed by atoms with van der Waals surface area (Å²) in [5, 5.41) is 2.70. The Morgan fingerprint density at radius 1 is 0.900 bits per heavy atom. The average molecular weight is 439 g/mol. The molecule has 2 aromatic rings. The molecule has 2 aromatic carbocycles. The molecule has 0 radical (unpaired) electrons. The number of sulfonamides is 1. The molecule has 0 fully saturated rings. The lowest BCUT2D eigenvalue weighted by atomic mass is 10.2. The Morgan fingerprint density at radius 2 is 1.47 bits per heavy atom. The topological polar surface area (TPSA) is 103 Å². The van der Waals surface area contributed by atoms with E-state index in [9.17, 15) is 13.2 Å². The van der Waals surface area contributed by atoms with Gasteiger partial charge in [0.15, 0.2) is 0 Å². The predicted octanol–water partition coefficient (Wildman–Crippen LogP) is 2.51. The van der Waals surface area contributed by atoms with Crippen LogP contribution in [0.1, 0.15) is 6.92 Å². The fourth-order valence-corrected chi connectivity index (χ4v) is 4.06. The molecule has 2 rings (SSSR count). The van der Waals surface area contributed by atoms with E-state index in [4.69, 9.17) is 18.9 Å². The molecule has 164 valence electrons. The SMILES string of the molecule is COc1ccc(NC(=O)[C@H](C)N(c2cc(OC)ccc2OC)S(C)(=O)=O)c(OC)c1. The molecule has 9 nitrogen and oxygen atoms in total. The molecule has 0 spiro atoms. The van der Waals surface area contributed by atoms with E-state index in [1.165, 1.54) is 41.4 Å². The van der Waals surface area contributed by atoms with Crippen molar-refractivity contribution in [3.8, 4) is 23.0 Å². The van der Waals surface area contributed by atoms with Crippen molar-refractivity contribution >= 4 is 27.3 Å². The van der Waals surface area contributed by atoms with Crippen molar-refractivity contribution < 1.29 is 32.2 Å². The molecule has 0 heterocycles. The van der Waals surface area contributed by atoms with Gasteiger partial charge in [0.05, 0.1) is 46.1 Å². The molecule has 0 bridgehead atoms. The number of rotatable bonds is 9. The Bertz CT molecular complexity index is 1010. The molecule has 1 N–H and O–H groups in total. The van der Waals surface area contributed by atoms with Crippen molar-refractivity contribution in [2.24, 2.45) is 0 Å². The van der Waals surface area contributed by atoms with E-state index in [-0.39, 0.29) is 11.4 Å². The molecule has 30 heavy (non-hydrogen) atoms. The zero-order valence-corrected chi connectivity index (χ0v) is 18.6. The molecular weight excluding hydrogens is 412 g/mol. The quantitative estimate of drug-likeness (QED) is 0.642. The van der Waals surface area contributed by atoms with Gasteiger partial charge in [-0.15, -0.1) is 0 Å². The summed E-state index contributed by atoms with van der Waals surface area (Å²) in [6.45, 7) is 1.48. The summed E-state index contributed by atoms with van der Waals surface area (Å²) in [6, 6.07) is 8.48. The number of carbonyl (C=O) groups is 1. The molecule has 1 amide bonds. The van der Waals surface area contributed by atoms with Gasteiger partial charge in [0, 0.05) is 12.1 Å². The molecule has 0 aliphatic rings. The van der Waals surface area contributed by atoms with Gasteiger partial charge in [0.1, 0.15) is 29.0 Å². The maximum atomic E-state index is 13.0. The predicted molar refractivity (Wildman–Crippen MR) is 115 cm³/mol. The number of nitrogens with zero attached hydrogens (tertiary/aromatic N) is 1. The molecule has 0 aliphatic heterocycles. The first-order valence-electron chi connectivity index (χ1n) is 8.90. The number of carbonyl (C=O) groups excluding carboxylic acids is 1. The summed E-state index contributed by atoms with van der Waals surface area (Å²) < 4.78 is 47.1. The highest BCUT2D eigenvalue weighted by Crippen LogP contribution is 2.36. The van der Waals surface area contributed by atoms with Gasteiger partial charge in [-0.05, 0) is 31.2 Å². The van der Waals surface area contributed by atoms with Crippen molar-refractivity contribution in [1.29, 1.82) is 0 Å². The second-order valence-corrected chi connectivity index (χ2v) is 8.19. The highest BCUT2D eigenvalue weighted by atomic mass is 32.2. The minimum atomic E-state index is -3.85. The van der Waals surface area contributed by atoms with Gasteiger partial charge >= 0.3 is 0 Å². The lowest BCUT2D eigenvalue weighted by molar-refractivity contribution is -0.116. The fourth-order valence-electron chi connectivity index (χ4n) is 2.89. The summed E-state index contributed by atoms with van der Waals surface area (Å²) in [4.78, 5) is 13.0. The van der Waals surface area contributed by atoms with E-state index in [0.29, 0.717) is 22.9 Å². The maximum Gasteiger partial charge on any atom is 0.248 e. The van der Waals surface area contributed by atoms with Gasteiger partial charge in [-0.3, -0.25) is 9.10 Å². The number of benzene rings is 2. The first-order valence-corrected chi connectivity index (χ1v) is 10.7. The normalized spacial score (nSPS) is 11.9. The van der Waals surface area contributed by atoms with Gasteiger partial charge in [0.2, 0.25) is 15.9 Å². The van der Waals surface area contributed by atoms with Crippen LogP contribution in [0.4, 0.5) is 11.4 Å². The smallest absolute Gasteiger partial charge is 0.248 e. The fraction of sp³-hybridized carbons (Fsp3) is 0.350. The third-order valence-corrected chi connectivity index (χ3v) is 5.61. The van der Waals surface area contributed by atoms with Crippen molar-refractivity contribution in [3.63, 3.8) is 0 Å². The summed E-state index contributed by atoms with van der Waals surface area (Å²) in [7, 11) is 1.99. The number of nitrogens with one attached hydrogen (secondary N) is 1. The number of methoxy groups -OCH3 is 4. The average Bonchev–Trinajstić information content (AvgIpc) is 2.72. The summed E-state index contributed by atoms with van der Waals surface area (Å²) in [6.07, 6.45) is 1.02. The Balaban J connectivity index is 2.44. The number of hydrogen-bond acceptors (Lipinski definition) is 7. The maximum absolute atomic E-state index is 13.0. The zero-order valence-electron chi connectivity index (χ0n) is 17.8. The summed E-state index contributed by atoms with van der Waals surface area (Å²) in [5.74, 6) is 1.07. The molecule has 0 aliphatic carbocycles. The molecular formula is C20H26N2O7S. The first-order chi connectivity index (χ1) is 14.2. The first kappa shape index (κ1) is 23.1. The van der Waals surface area contributed by atoms with Crippen LogP contribution in [0.5, 0.6) is 23.0 Å². The molecule has 1 atom stereocenters. The van der Waals surface area contributed by atoms with E-state index < -0.39 is 22.0 Å². The standard InChI is InChI=1S/C20H26N2O7S/c1-13(20(23)21-16-9-7-15(27-3)12-19(16)29-5)22(30(6,24)25)17-11-14(26-2)8-10-18(17)28-4/h7-13H,1-6H3,(H,21,23)/t13-/m0/s1. The van der Waals surface area contributed by atoms with Crippen molar-refractivity contribution in [2.45, 2.75) is 13.0 Å². The van der Waals surface area contributed by atoms with Crippen molar-refractivity contribution in [2.75, 3.05) is 44.3 Å². The van der Waals surface area contributed by atoms with E-state index in [1.54, 1.807) is 30.3 Å². The number of ether oxygens (including phenoxy) is 4. The highest BCUT2D eigenvalue weighted by Gasteiger charge is 2.32. The minimum absolute atomic E-state index is 0.184. The van der Waals surface area contributed by atoms with Crippen LogP contribution in [-0.4, -0.2) is 55.1 Å². The Morgan fingerprint density at radius 3 is 2.00 bits per heavy atom. The van der Waals surface area contributed by atoms with Crippen LogP contribution in [0, 0.1) is 0 Å². The lowest BCUT2D eigenvalue weighted by Crippen LogP contribution is -2.45. The van der Waals surface area contributed by atoms with Crippen molar-refractivity contribution in [1.82, 2.24) is 0 Å². The Hall–Kier alpha value is -3.14. The summed E-state index contributed by atoms with van der Waals surface area (Å²) in [5.41, 5.74) is 0.560. The minimum Gasteiger partial charge on any atom is -0.497 e. The van der Waals surface area contributed by atoms with Gasteiger partial charge in [-0.2, -0.15) is 0 Å². The van der Waals surface area contributed by atoms with Crippen LogP contribution < -0.4 is 28.6 Å². The molecule has 0 unspecified atom stereocenters. The monoisotopic (exact) mass is 438 g/mol.